The molecule has 5 heteroatoms. The number of halogens is 1. The number of aryl methyl sites for hydroxylation is 1. The predicted molar refractivity (Wildman–Crippen MR) is 51.0 cm³/mol. The fourth-order valence-corrected chi connectivity index (χ4v) is 1.37. The van der Waals surface area contributed by atoms with Gasteiger partial charge in [0, 0.05) is 6.07 Å². The molecule has 1 rings (SSSR count). The summed E-state index contributed by atoms with van der Waals surface area (Å²) in [6.45, 7) is -0.574. The standard InChI is InChI=1S/C10H11FO4/c11-3-1-2-6-4-7(12)5-8(13)9(6)10(14)15/h4-5,12-13H,1-3H2,(H,14,15). The van der Waals surface area contributed by atoms with Crippen LogP contribution in [0.5, 0.6) is 11.5 Å². The van der Waals surface area contributed by atoms with Crippen molar-refractivity contribution >= 4 is 5.97 Å². The van der Waals surface area contributed by atoms with Crippen LogP contribution in [0.1, 0.15) is 22.3 Å². The molecule has 1 aromatic carbocycles. The van der Waals surface area contributed by atoms with E-state index in [4.69, 9.17) is 10.2 Å². The lowest BCUT2D eigenvalue weighted by atomic mass is 10.0. The van der Waals surface area contributed by atoms with Gasteiger partial charge in [0.25, 0.3) is 0 Å². The highest BCUT2D eigenvalue weighted by atomic mass is 19.1. The molecule has 0 radical (unpaired) electrons. The van der Waals surface area contributed by atoms with Crippen LogP contribution in [-0.4, -0.2) is 28.0 Å². The highest BCUT2D eigenvalue weighted by Gasteiger charge is 2.16. The topological polar surface area (TPSA) is 77.8 Å². The van der Waals surface area contributed by atoms with Crippen LogP contribution in [0.15, 0.2) is 12.1 Å². The Morgan fingerprint density at radius 3 is 2.53 bits per heavy atom. The predicted octanol–water partition coefficient (Wildman–Crippen LogP) is 1.70. The maximum absolute atomic E-state index is 11.9. The summed E-state index contributed by atoms with van der Waals surface area (Å²) in [7, 11) is 0. The highest BCUT2D eigenvalue weighted by molar-refractivity contribution is 5.92. The first-order valence-electron chi connectivity index (χ1n) is 4.40. The molecule has 1 aromatic rings. The second kappa shape index (κ2) is 4.63. The second-order valence-corrected chi connectivity index (χ2v) is 3.10. The van der Waals surface area contributed by atoms with Crippen molar-refractivity contribution in [3.63, 3.8) is 0 Å². The fourth-order valence-electron chi connectivity index (χ4n) is 1.37. The van der Waals surface area contributed by atoms with Gasteiger partial charge in [-0.1, -0.05) is 0 Å². The van der Waals surface area contributed by atoms with Crippen LogP contribution in [-0.2, 0) is 6.42 Å². The highest BCUT2D eigenvalue weighted by Crippen LogP contribution is 2.28. The smallest absolute Gasteiger partial charge is 0.339 e. The summed E-state index contributed by atoms with van der Waals surface area (Å²) in [4.78, 5) is 10.8. The average Bonchev–Trinajstić information content (AvgIpc) is 2.12. The molecule has 0 fully saturated rings. The van der Waals surface area contributed by atoms with Gasteiger partial charge in [0.05, 0.1) is 6.67 Å². The van der Waals surface area contributed by atoms with Crippen molar-refractivity contribution in [1.29, 1.82) is 0 Å². The van der Waals surface area contributed by atoms with Crippen molar-refractivity contribution in [2.24, 2.45) is 0 Å². The average molecular weight is 214 g/mol. The van der Waals surface area contributed by atoms with Gasteiger partial charge in [-0.05, 0) is 24.5 Å². The van der Waals surface area contributed by atoms with Crippen molar-refractivity contribution in [3.05, 3.63) is 23.3 Å². The Hall–Kier alpha value is -1.78. The SMILES string of the molecule is O=C(O)c1c(O)cc(O)cc1CCCF. The molecule has 0 saturated heterocycles. The van der Waals surface area contributed by atoms with Crippen molar-refractivity contribution in [1.82, 2.24) is 0 Å². The lowest BCUT2D eigenvalue weighted by Crippen LogP contribution is -2.03. The van der Waals surface area contributed by atoms with E-state index < -0.39 is 18.4 Å². The zero-order chi connectivity index (χ0) is 11.4. The molecular formula is C10H11FO4. The van der Waals surface area contributed by atoms with E-state index in [1.165, 1.54) is 6.07 Å². The van der Waals surface area contributed by atoms with E-state index >= 15 is 0 Å². The van der Waals surface area contributed by atoms with Gasteiger partial charge >= 0.3 is 5.97 Å². The summed E-state index contributed by atoms with van der Waals surface area (Å²) in [5, 5.41) is 27.3. The Morgan fingerprint density at radius 2 is 2.00 bits per heavy atom. The third-order valence-electron chi connectivity index (χ3n) is 1.98. The third kappa shape index (κ3) is 2.59. The monoisotopic (exact) mass is 214 g/mol. The minimum atomic E-state index is -1.29. The van der Waals surface area contributed by atoms with E-state index in [2.05, 4.69) is 0 Å². The molecule has 0 heterocycles. The normalized spacial score (nSPS) is 10.2. The minimum absolute atomic E-state index is 0.156. The quantitative estimate of drug-likeness (QED) is 0.712. The van der Waals surface area contributed by atoms with Gasteiger partial charge in [0.2, 0.25) is 0 Å². The zero-order valence-corrected chi connectivity index (χ0v) is 7.90. The van der Waals surface area contributed by atoms with Gasteiger partial charge in [0.1, 0.15) is 17.1 Å². The van der Waals surface area contributed by atoms with E-state index in [0.29, 0.717) is 0 Å². The van der Waals surface area contributed by atoms with E-state index in [1.807, 2.05) is 0 Å². The van der Waals surface area contributed by atoms with Crippen LogP contribution in [0.4, 0.5) is 4.39 Å². The largest absolute Gasteiger partial charge is 0.508 e. The molecule has 0 aromatic heterocycles. The van der Waals surface area contributed by atoms with E-state index in [-0.39, 0.29) is 29.7 Å². The molecule has 0 amide bonds. The molecule has 0 aliphatic rings. The van der Waals surface area contributed by atoms with Crippen LogP contribution in [0.25, 0.3) is 0 Å². The van der Waals surface area contributed by atoms with E-state index in [1.54, 1.807) is 0 Å². The summed E-state index contributed by atoms with van der Waals surface area (Å²) in [6, 6.07) is 2.17. The molecule has 0 aliphatic carbocycles. The van der Waals surface area contributed by atoms with Crippen LogP contribution >= 0.6 is 0 Å². The first-order chi connectivity index (χ1) is 7.06. The van der Waals surface area contributed by atoms with E-state index in [9.17, 15) is 14.3 Å². The zero-order valence-electron chi connectivity index (χ0n) is 7.90. The maximum Gasteiger partial charge on any atom is 0.339 e. The number of alkyl halides is 1. The van der Waals surface area contributed by atoms with Gasteiger partial charge in [-0.3, -0.25) is 4.39 Å². The number of hydrogen-bond donors (Lipinski definition) is 3. The Morgan fingerprint density at radius 1 is 1.33 bits per heavy atom. The number of rotatable bonds is 4. The Labute approximate surface area is 85.6 Å². The minimum Gasteiger partial charge on any atom is -0.508 e. The Kier molecular flexibility index (Phi) is 3.49. The number of carbonyl (C=O) groups is 1. The molecule has 0 spiro atoms. The summed E-state index contributed by atoms with van der Waals surface area (Å²) >= 11 is 0. The number of carboxylic acids is 1. The van der Waals surface area contributed by atoms with Crippen molar-refractivity contribution < 1.29 is 24.5 Å². The van der Waals surface area contributed by atoms with Crippen LogP contribution in [0, 0.1) is 0 Å². The molecule has 4 nitrogen and oxygen atoms in total. The number of aromatic carboxylic acids is 1. The van der Waals surface area contributed by atoms with Gasteiger partial charge in [-0.25, -0.2) is 4.79 Å². The lowest BCUT2D eigenvalue weighted by Gasteiger charge is -2.07. The number of carboxylic acid groups (broad SMARTS) is 1. The van der Waals surface area contributed by atoms with Crippen molar-refractivity contribution in [3.8, 4) is 11.5 Å². The first-order valence-corrected chi connectivity index (χ1v) is 4.40. The summed E-state index contributed by atoms with van der Waals surface area (Å²) in [5.74, 6) is -2.02. The lowest BCUT2D eigenvalue weighted by molar-refractivity contribution is 0.0692. The number of benzene rings is 1. The molecule has 15 heavy (non-hydrogen) atoms. The Balaban J connectivity index is 3.14. The van der Waals surface area contributed by atoms with Crippen LogP contribution in [0.2, 0.25) is 0 Å². The van der Waals surface area contributed by atoms with E-state index in [0.717, 1.165) is 6.07 Å². The van der Waals surface area contributed by atoms with Crippen molar-refractivity contribution in [2.75, 3.05) is 6.67 Å². The van der Waals surface area contributed by atoms with Gasteiger partial charge in [-0.2, -0.15) is 0 Å². The van der Waals surface area contributed by atoms with Gasteiger partial charge in [-0.15, -0.1) is 0 Å². The molecule has 0 aliphatic heterocycles. The molecule has 0 unspecified atom stereocenters. The number of hydrogen-bond acceptors (Lipinski definition) is 3. The summed E-state index contributed by atoms with van der Waals surface area (Å²) in [6.07, 6.45) is 0.323. The number of aromatic hydroxyl groups is 2. The molecule has 0 atom stereocenters. The second-order valence-electron chi connectivity index (χ2n) is 3.10. The van der Waals surface area contributed by atoms with Gasteiger partial charge < -0.3 is 15.3 Å². The third-order valence-corrected chi connectivity index (χ3v) is 1.98. The molecular weight excluding hydrogens is 203 g/mol. The molecule has 3 N–H and O–H groups in total. The summed E-state index contributed by atoms with van der Waals surface area (Å²) < 4.78 is 11.9. The molecule has 82 valence electrons. The van der Waals surface area contributed by atoms with Crippen molar-refractivity contribution in [2.45, 2.75) is 12.8 Å². The molecule has 0 saturated carbocycles. The fraction of sp³-hybridized carbons (Fsp3) is 0.300. The van der Waals surface area contributed by atoms with Crippen LogP contribution < -0.4 is 0 Å². The summed E-state index contributed by atoms with van der Waals surface area (Å²) in [5.41, 5.74) is -0.0427. The van der Waals surface area contributed by atoms with Gasteiger partial charge in [0.15, 0.2) is 0 Å². The number of phenols is 2. The van der Waals surface area contributed by atoms with Crippen LogP contribution in [0.3, 0.4) is 0 Å². The maximum atomic E-state index is 11.9. The first kappa shape index (κ1) is 11.3. The number of phenolic OH excluding ortho intramolecular Hbond substituents is 1. The Bertz CT molecular complexity index is 376. The molecule has 0 bridgehead atoms.